The summed E-state index contributed by atoms with van der Waals surface area (Å²) in [7, 11) is 0. The Balaban J connectivity index is 2.17. The largest absolute Gasteiger partial charge is 0.362 e. The van der Waals surface area contributed by atoms with Crippen LogP contribution in [0.25, 0.3) is 0 Å². The Morgan fingerprint density at radius 1 is 1.44 bits per heavy atom. The van der Waals surface area contributed by atoms with Crippen LogP contribution in [0.15, 0.2) is 16.9 Å². The zero-order valence-corrected chi connectivity index (χ0v) is 10.3. The average Bonchev–Trinajstić information content (AvgIpc) is 2.64. The van der Waals surface area contributed by atoms with Crippen molar-refractivity contribution < 1.29 is 0 Å². The molecule has 0 aliphatic carbocycles. The first-order valence-electron chi connectivity index (χ1n) is 6.01. The summed E-state index contributed by atoms with van der Waals surface area (Å²) in [5.41, 5.74) is 2.19. The van der Waals surface area contributed by atoms with E-state index < -0.39 is 0 Å². The Hall–Kier alpha value is -1.09. The van der Waals surface area contributed by atoms with Crippen LogP contribution in [0.2, 0.25) is 0 Å². The third-order valence-electron chi connectivity index (χ3n) is 3.39. The van der Waals surface area contributed by atoms with Crippen LogP contribution in [0.5, 0.6) is 0 Å². The monoisotopic (exact) mass is 220 g/mol. The van der Waals surface area contributed by atoms with Crippen LogP contribution < -0.4 is 5.43 Å². The van der Waals surface area contributed by atoms with Crippen molar-refractivity contribution in [3.63, 3.8) is 0 Å². The van der Waals surface area contributed by atoms with Crippen molar-refractivity contribution in [3.05, 3.63) is 33.7 Å². The van der Waals surface area contributed by atoms with Gasteiger partial charge in [-0.3, -0.25) is 4.79 Å². The molecule has 3 nitrogen and oxygen atoms in total. The molecule has 2 heterocycles. The van der Waals surface area contributed by atoms with Crippen molar-refractivity contribution >= 4 is 0 Å². The van der Waals surface area contributed by atoms with Crippen LogP contribution in [0.3, 0.4) is 0 Å². The number of likely N-dealkylation sites (tertiary alicyclic amines) is 1. The lowest BCUT2D eigenvalue weighted by molar-refractivity contribution is 0.272. The Bertz CT molecular complexity index is 422. The van der Waals surface area contributed by atoms with E-state index in [0.717, 1.165) is 30.9 Å². The molecule has 1 N–H and O–H groups in total. The van der Waals surface area contributed by atoms with Gasteiger partial charge in [0.25, 0.3) is 0 Å². The van der Waals surface area contributed by atoms with E-state index in [-0.39, 0.29) is 5.43 Å². The van der Waals surface area contributed by atoms with Gasteiger partial charge in [0, 0.05) is 42.0 Å². The lowest BCUT2D eigenvalue weighted by atomic mass is 10.0. The molecule has 1 unspecified atom stereocenters. The van der Waals surface area contributed by atoms with E-state index in [1.54, 1.807) is 12.1 Å². The Morgan fingerprint density at radius 3 is 2.75 bits per heavy atom. The van der Waals surface area contributed by atoms with Gasteiger partial charge in [-0.15, -0.1) is 0 Å². The second-order valence-electron chi connectivity index (χ2n) is 5.03. The molecule has 16 heavy (non-hydrogen) atoms. The maximum Gasteiger partial charge on any atom is 0.182 e. The van der Waals surface area contributed by atoms with Crippen molar-refractivity contribution in [3.8, 4) is 0 Å². The molecule has 1 aliphatic rings. The summed E-state index contributed by atoms with van der Waals surface area (Å²) in [5, 5.41) is 0. The van der Waals surface area contributed by atoms with Crippen molar-refractivity contribution in [1.82, 2.24) is 9.88 Å². The van der Waals surface area contributed by atoms with Gasteiger partial charge < -0.3 is 9.88 Å². The van der Waals surface area contributed by atoms with E-state index in [4.69, 9.17) is 0 Å². The normalized spacial score (nSPS) is 21.9. The van der Waals surface area contributed by atoms with Gasteiger partial charge in [-0.1, -0.05) is 0 Å². The molecule has 1 aliphatic heterocycles. The van der Waals surface area contributed by atoms with Gasteiger partial charge in [0.05, 0.1) is 0 Å². The summed E-state index contributed by atoms with van der Waals surface area (Å²) < 4.78 is 0. The number of nitrogens with zero attached hydrogens (tertiary/aromatic N) is 1. The van der Waals surface area contributed by atoms with Crippen molar-refractivity contribution in [1.29, 1.82) is 0 Å². The molecular formula is C13H20N2O. The summed E-state index contributed by atoms with van der Waals surface area (Å²) in [5.74, 6) is 0.495. The summed E-state index contributed by atoms with van der Waals surface area (Å²) in [6.07, 6.45) is 1.15. The summed E-state index contributed by atoms with van der Waals surface area (Å²) >= 11 is 0. The smallest absolute Gasteiger partial charge is 0.182 e. The highest BCUT2D eigenvalue weighted by Crippen LogP contribution is 2.26. The second kappa shape index (κ2) is 4.42. The molecule has 1 saturated heterocycles. The first-order valence-corrected chi connectivity index (χ1v) is 6.01. The lowest BCUT2D eigenvalue weighted by Crippen LogP contribution is -2.28. The number of hydrogen-bond acceptors (Lipinski definition) is 2. The van der Waals surface area contributed by atoms with E-state index in [9.17, 15) is 4.79 Å². The zero-order valence-electron chi connectivity index (χ0n) is 10.3. The highest BCUT2D eigenvalue weighted by atomic mass is 16.1. The van der Waals surface area contributed by atoms with E-state index in [1.807, 2.05) is 6.92 Å². The molecule has 88 valence electrons. The number of aryl methyl sites for hydroxylation is 1. The first-order chi connectivity index (χ1) is 7.56. The molecule has 3 heteroatoms. The number of nitrogens with one attached hydrogen (secondary N) is 1. The minimum Gasteiger partial charge on any atom is -0.362 e. The third kappa shape index (κ3) is 2.35. The number of H-pyrrole nitrogens is 1. The van der Waals surface area contributed by atoms with Gasteiger partial charge >= 0.3 is 0 Å². The highest BCUT2D eigenvalue weighted by molar-refractivity contribution is 5.16. The molecule has 0 aromatic carbocycles. The first kappa shape index (κ1) is 11.4. The lowest BCUT2D eigenvalue weighted by Gasteiger charge is -2.20. The summed E-state index contributed by atoms with van der Waals surface area (Å²) in [4.78, 5) is 17.2. The minimum absolute atomic E-state index is 0.120. The Morgan fingerprint density at radius 2 is 2.19 bits per heavy atom. The van der Waals surface area contributed by atoms with E-state index in [0.29, 0.717) is 12.0 Å². The highest BCUT2D eigenvalue weighted by Gasteiger charge is 2.25. The van der Waals surface area contributed by atoms with Crippen molar-refractivity contribution in [2.24, 2.45) is 0 Å². The molecule has 0 spiro atoms. The second-order valence-corrected chi connectivity index (χ2v) is 5.03. The molecule has 1 aromatic rings. The van der Waals surface area contributed by atoms with Gasteiger partial charge in [0.2, 0.25) is 0 Å². The molecule has 0 amide bonds. The Labute approximate surface area is 96.5 Å². The third-order valence-corrected chi connectivity index (χ3v) is 3.39. The molecule has 0 saturated carbocycles. The standard InChI is InChI=1S/C13H20N2O/c1-9(2)15-5-4-11(8-15)13-7-12(16)6-10(3)14-13/h6-7,9,11H,4-5,8H2,1-3H3,(H,14,16). The van der Waals surface area contributed by atoms with Crippen LogP contribution in [-0.4, -0.2) is 29.0 Å². The molecular weight excluding hydrogens is 200 g/mol. The van der Waals surface area contributed by atoms with Crippen LogP contribution in [0, 0.1) is 6.92 Å². The summed E-state index contributed by atoms with van der Waals surface area (Å²) in [6, 6.07) is 4.00. The molecule has 2 rings (SSSR count). The number of aromatic nitrogens is 1. The van der Waals surface area contributed by atoms with Gasteiger partial charge in [-0.2, -0.15) is 0 Å². The number of pyridine rings is 1. The fourth-order valence-electron chi connectivity index (χ4n) is 2.44. The summed E-state index contributed by atoms with van der Waals surface area (Å²) in [6.45, 7) is 8.60. The topological polar surface area (TPSA) is 36.1 Å². The predicted octanol–water partition coefficient (Wildman–Crippen LogP) is 1.88. The number of aromatic amines is 1. The fraction of sp³-hybridized carbons (Fsp3) is 0.615. The minimum atomic E-state index is 0.120. The molecule has 1 atom stereocenters. The molecule has 0 bridgehead atoms. The Kier molecular flexibility index (Phi) is 3.15. The van der Waals surface area contributed by atoms with Gasteiger partial charge in [-0.25, -0.2) is 0 Å². The predicted molar refractivity (Wildman–Crippen MR) is 65.9 cm³/mol. The fourth-order valence-corrected chi connectivity index (χ4v) is 2.44. The van der Waals surface area contributed by atoms with E-state index >= 15 is 0 Å². The zero-order chi connectivity index (χ0) is 11.7. The SMILES string of the molecule is Cc1cc(=O)cc(C2CCN(C(C)C)C2)[nH]1. The number of hydrogen-bond donors (Lipinski definition) is 1. The maximum atomic E-state index is 11.4. The van der Waals surface area contributed by atoms with Crippen LogP contribution in [0.1, 0.15) is 37.6 Å². The quantitative estimate of drug-likeness (QED) is 0.826. The van der Waals surface area contributed by atoms with E-state index in [1.165, 1.54) is 0 Å². The molecule has 1 fully saturated rings. The maximum absolute atomic E-state index is 11.4. The van der Waals surface area contributed by atoms with E-state index in [2.05, 4.69) is 23.7 Å². The van der Waals surface area contributed by atoms with Gasteiger partial charge in [0.15, 0.2) is 5.43 Å². The number of rotatable bonds is 2. The van der Waals surface area contributed by atoms with Crippen LogP contribution >= 0.6 is 0 Å². The van der Waals surface area contributed by atoms with Crippen molar-refractivity contribution in [2.75, 3.05) is 13.1 Å². The van der Waals surface area contributed by atoms with Crippen molar-refractivity contribution in [2.45, 2.75) is 39.2 Å². The van der Waals surface area contributed by atoms with Crippen LogP contribution in [0.4, 0.5) is 0 Å². The molecule has 0 radical (unpaired) electrons. The average molecular weight is 220 g/mol. The van der Waals surface area contributed by atoms with Gasteiger partial charge in [0.1, 0.15) is 0 Å². The van der Waals surface area contributed by atoms with Gasteiger partial charge in [-0.05, 0) is 33.7 Å². The molecule has 1 aromatic heterocycles. The van der Waals surface area contributed by atoms with Crippen LogP contribution in [-0.2, 0) is 0 Å².